The molecule has 1 aliphatic rings. The summed E-state index contributed by atoms with van der Waals surface area (Å²) in [5, 5.41) is 0. The number of hydrogen-bond donors (Lipinski definition) is 2. The van der Waals surface area contributed by atoms with E-state index in [1.165, 1.54) is 0 Å². The Morgan fingerprint density at radius 3 is 2.64 bits per heavy atom. The molecule has 0 saturated heterocycles. The monoisotopic (exact) mass is 307 g/mol. The van der Waals surface area contributed by atoms with Gasteiger partial charge in [-0.1, -0.05) is 13.8 Å². The first kappa shape index (κ1) is 16.6. The molecule has 0 spiro atoms. The number of nitrogens with two attached hydrogens (primary N) is 2. The molecule has 0 unspecified atom stereocenters. The molecule has 0 atom stereocenters. The Morgan fingerprint density at radius 2 is 2.00 bits per heavy atom. The number of rotatable bonds is 7. The summed E-state index contributed by atoms with van der Waals surface area (Å²) in [6.45, 7) is 5.77. The number of hydrogen-bond acceptors (Lipinski definition) is 5. The van der Waals surface area contributed by atoms with Crippen molar-refractivity contribution < 1.29 is 14.3 Å². The maximum absolute atomic E-state index is 12.9. The zero-order valence-corrected chi connectivity index (χ0v) is 13.3. The molecular weight excluding hydrogens is 282 g/mol. The topological polar surface area (TPSA) is 90.8 Å². The van der Waals surface area contributed by atoms with Crippen LogP contribution in [0, 0.1) is 0 Å². The van der Waals surface area contributed by atoms with Crippen molar-refractivity contribution in [3.63, 3.8) is 0 Å². The molecule has 1 heterocycles. The van der Waals surface area contributed by atoms with Crippen LogP contribution >= 0.6 is 0 Å². The number of fused-ring (bicyclic) bond motifs is 1. The van der Waals surface area contributed by atoms with E-state index in [1.54, 1.807) is 17.0 Å². The van der Waals surface area contributed by atoms with Crippen LogP contribution in [0.15, 0.2) is 18.2 Å². The largest absolute Gasteiger partial charge is 0.475 e. The van der Waals surface area contributed by atoms with E-state index in [2.05, 4.69) is 0 Å². The standard InChI is InChI=1S/C16H25N3O3/c1-3-16(4-2)15(20)19(8-10-21-9-7-17)13-11-12(18)5-6-14(13)22-16/h5-6,11H,3-4,7-10,17-18H2,1-2H3. The van der Waals surface area contributed by atoms with E-state index in [-0.39, 0.29) is 5.91 Å². The van der Waals surface area contributed by atoms with Gasteiger partial charge in [-0.05, 0) is 31.0 Å². The molecule has 22 heavy (non-hydrogen) atoms. The number of ether oxygens (including phenoxy) is 2. The minimum Gasteiger partial charge on any atom is -0.475 e. The molecule has 2 rings (SSSR count). The molecule has 1 amide bonds. The molecule has 0 radical (unpaired) electrons. The van der Waals surface area contributed by atoms with Gasteiger partial charge in [-0.3, -0.25) is 4.79 Å². The van der Waals surface area contributed by atoms with Crippen molar-refractivity contribution in [3.05, 3.63) is 18.2 Å². The second-order valence-corrected chi connectivity index (χ2v) is 5.39. The summed E-state index contributed by atoms with van der Waals surface area (Å²) < 4.78 is 11.5. The Labute approximate surface area is 131 Å². The summed E-state index contributed by atoms with van der Waals surface area (Å²) >= 11 is 0. The number of carbonyl (C=O) groups excluding carboxylic acids is 1. The lowest BCUT2D eigenvalue weighted by atomic mass is 9.92. The zero-order valence-electron chi connectivity index (χ0n) is 13.3. The van der Waals surface area contributed by atoms with E-state index in [0.717, 1.165) is 0 Å². The van der Waals surface area contributed by atoms with Crippen LogP contribution in [-0.4, -0.2) is 37.8 Å². The summed E-state index contributed by atoms with van der Waals surface area (Å²) in [5.74, 6) is 0.656. The Bertz CT molecular complexity index is 529. The predicted octanol–water partition coefficient (Wildman–Crippen LogP) is 1.53. The fraction of sp³-hybridized carbons (Fsp3) is 0.562. The number of benzene rings is 1. The van der Waals surface area contributed by atoms with Crippen molar-refractivity contribution in [1.82, 2.24) is 0 Å². The van der Waals surface area contributed by atoms with Gasteiger partial charge in [0.25, 0.3) is 5.91 Å². The second-order valence-electron chi connectivity index (χ2n) is 5.39. The summed E-state index contributed by atoms with van der Waals surface area (Å²) in [7, 11) is 0. The molecule has 6 heteroatoms. The van der Waals surface area contributed by atoms with Gasteiger partial charge in [0.2, 0.25) is 0 Å². The van der Waals surface area contributed by atoms with E-state index in [1.807, 2.05) is 19.9 Å². The smallest absolute Gasteiger partial charge is 0.271 e. The van der Waals surface area contributed by atoms with E-state index in [9.17, 15) is 4.79 Å². The maximum Gasteiger partial charge on any atom is 0.271 e. The van der Waals surface area contributed by atoms with Crippen LogP contribution in [0.2, 0.25) is 0 Å². The number of carbonyl (C=O) groups is 1. The Morgan fingerprint density at radius 1 is 1.27 bits per heavy atom. The molecule has 0 aliphatic carbocycles. The molecule has 4 N–H and O–H groups in total. The van der Waals surface area contributed by atoms with Gasteiger partial charge in [0.15, 0.2) is 5.60 Å². The average molecular weight is 307 g/mol. The highest BCUT2D eigenvalue weighted by atomic mass is 16.5. The Hall–Kier alpha value is -1.79. The van der Waals surface area contributed by atoms with Gasteiger partial charge in [0.05, 0.1) is 18.9 Å². The first-order chi connectivity index (χ1) is 10.6. The lowest BCUT2D eigenvalue weighted by Crippen LogP contribution is -2.56. The van der Waals surface area contributed by atoms with Crippen LogP contribution < -0.4 is 21.1 Å². The van der Waals surface area contributed by atoms with E-state index in [0.29, 0.717) is 56.3 Å². The van der Waals surface area contributed by atoms with Gasteiger partial charge >= 0.3 is 0 Å². The second kappa shape index (κ2) is 6.98. The first-order valence-corrected chi connectivity index (χ1v) is 7.76. The highest BCUT2D eigenvalue weighted by Gasteiger charge is 2.45. The third-order valence-electron chi connectivity index (χ3n) is 4.08. The molecule has 1 aromatic carbocycles. The number of nitrogen functional groups attached to an aromatic ring is 1. The molecule has 0 aromatic heterocycles. The van der Waals surface area contributed by atoms with Gasteiger partial charge < -0.3 is 25.8 Å². The lowest BCUT2D eigenvalue weighted by molar-refractivity contribution is -0.136. The first-order valence-electron chi connectivity index (χ1n) is 7.76. The highest BCUT2D eigenvalue weighted by Crippen LogP contribution is 2.41. The fourth-order valence-electron chi connectivity index (χ4n) is 2.70. The summed E-state index contributed by atoms with van der Waals surface area (Å²) in [6.07, 6.45) is 1.23. The predicted molar refractivity (Wildman–Crippen MR) is 87.0 cm³/mol. The third-order valence-corrected chi connectivity index (χ3v) is 4.08. The summed E-state index contributed by atoms with van der Waals surface area (Å²) in [4.78, 5) is 14.6. The van der Waals surface area contributed by atoms with Crippen LogP contribution in [0.3, 0.4) is 0 Å². The highest BCUT2D eigenvalue weighted by molar-refractivity contribution is 6.03. The van der Waals surface area contributed by atoms with Crippen LogP contribution in [0.5, 0.6) is 5.75 Å². The van der Waals surface area contributed by atoms with Crippen molar-refractivity contribution in [2.75, 3.05) is 36.9 Å². The van der Waals surface area contributed by atoms with Crippen LogP contribution in [0.1, 0.15) is 26.7 Å². The fourth-order valence-corrected chi connectivity index (χ4v) is 2.70. The maximum atomic E-state index is 12.9. The Balaban J connectivity index is 2.31. The molecule has 0 bridgehead atoms. The normalized spacial score (nSPS) is 16.3. The number of nitrogens with zero attached hydrogens (tertiary/aromatic N) is 1. The molecule has 1 aromatic rings. The minimum absolute atomic E-state index is 0.0352. The summed E-state index contributed by atoms with van der Waals surface area (Å²) in [5.41, 5.74) is 11.8. The SMILES string of the molecule is CCC1(CC)Oc2ccc(N)cc2N(CCOCCN)C1=O. The van der Waals surface area contributed by atoms with Crippen LogP contribution in [0.4, 0.5) is 11.4 Å². The third kappa shape index (κ3) is 3.03. The average Bonchev–Trinajstić information content (AvgIpc) is 2.53. The van der Waals surface area contributed by atoms with E-state index >= 15 is 0 Å². The van der Waals surface area contributed by atoms with E-state index < -0.39 is 5.60 Å². The quantitative estimate of drug-likeness (QED) is 0.589. The van der Waals surface area contributed by atoms with Crippen molar-refractivity contribution in [2.45, 2.75) is 32.3 Å². The van der Waals surface area contributed by atoms with Gasteiger partial charge in [0, 0.05) is 18.8 Å². The van der Waals surface area contributed by atoms with Crippen molar-refractivity contribution >= 4 is 17.3 Å². The number of anilines is 2. The van der Waals surface area contributed by atoms with Crippen LogP contribution in [-0.2, 0) is 9.53 Å². The van der Waals surface area contributed by atoms with Gasteiger partial charge in [-0.25, -0.2) is 0 Å². The van der Waals surface area contributed by atoms with Crippen molar-refractivity contribution in [1.29, 1.82) is 0 Å². The summed E-state index contributed by atoms with van der Waals surface area (Å²) in [6, 6.07) is 5.38. The van der Waals surface area contributed by atoms with Crippen LogP contribution in [0.25, 0.3) is 0 Å². The van der Waals surface area contributed by atoms with Crippen molar-refractivity contribution in [2.24, 2.45) is 5.73 Å². The molecule has 0 fully saturated rings. The molecule has 6 nitrogen and oxygen atoms in total. The van der Waals surface area contributed by atoms with E-state index in [4.69, 9.17) is 20.9 Å². The van der Waals surface area contributed by atoms with Crippen molar-refractivity contribution in [3.8, 4) is 5.75 Å². The lowest BCUT2D eigenvalue weighted by Gasteiger charge is -2.42. The Kier molecular flexibility index (Phi) is 5.26. The molecular formula is C16H25N3O3. The molecule has 1 aliphatic heterocycles. The molecule has 0 saturated carbocycles. The molecule has 122 valence electrons. The zero-order chi connectivity index (χ0) is 16.2. The van der Waals surface area contributed by atoms with Gasteiger partial charge in [-0.15, -0.1) is 0 Å². The van der Waals surface area contributed by atoms with Gasteiger partial charge in [0.1, 0.15) is 5.75 Å². The number of amides is 1. The van der Waals surface area contributed by atoms with Gasteiger partial charge in [-0.2, -0.15) is 0 Å². The minimum atomic E-state index is -0.809.